The summed E-state index contributed by atoms with van der Waals surface area (Å²) in [4.78, 5) is 21.6. The van der Waals surface area contributed by atoms with Gasteiger partial charge >= 0.3 is 127 Å². The van der Waals surface area contributed by atoms with E-state index in [1.54, 1.807) is 8.38 Å². The number of benzene rings is 1. The van der Waals surface area contributed by atoms with Crippen molar-refractivity contribution in [1.29, 1.82) is 0 Å². The Kier molecular flexibility index (Phi) is 13.0. The molecule has 0 bridgehead atoms. The van der Waals surface area contributed by atoms with Crippen molar-refractivity contribution in [3.8, 4) is 0 Å². The summed E-state index contributed by atoms with van der Waals surface area (Å²) < 4.78 is 10.5. The van der Waals surface area contributed by atoms with E-state index in [-0.39, 0.29) is 0 Å². The molecule has 0 radical (unpaired) electrons. The summed E-state index contributed by atoms with van der Waals surface area (Å²) in [6.45, 7) is 2.28. The van der Waals surface area contributed by atoms with Gasteiger partial charge in [0.25, 0.3) is 0 Å². The summed E-state index contributed by atoms with van der Waals surface area (Å²) in [5, 5.41) is 0. The molecule has 0 aliphatic rings. The Morgan fingerprint density at radius 1 is 0.952 bits per heavy atom. The second kappa shape index (κ2) is 12.8. The van der Waals surface area contributed by atoms with E-state index in [4.69, 9.17) is 19.2 Å². The number of aryl methyl sites for hydroxylation is 1. The van der Waals surface area contributed by atoms with Gasteiger partial charge in [0.1, 0.15) is 0 Å². The van der Waals surface area contributed by atoms with E-state index in [2.05, 4.69) is 31.2 Å². The van der Waals surface area contributed by atoms with Crippen LogP contribution in [0.15, 0.2) is 24.3 Å². The van der Waals surface area contributed by atoms with Gasteiger partial charge in [0, 0.05) is 0 Å². The van der Waals surface area contributed by atoms with Crippen LogP contribution in [-0.2, 0) is 11.0 Å². The van der Waals surface area contributed by atoms with Gasteiger partial charge in [-0.1, -0.05) is 0 Å². The van der Waals surface area contributed by atoms with Crippen molar-refractivity contribution in [2.45, 2.75) is 58.3 Å². The molecule has 0 aromatic heterocycles. The Morgan fingerprint density at radius 2 is 1.43 bits per heavy atom. The molecule has 1 aromatic carbocycles. The van der Waals surface area contributed by atoms with Crippen molar-refractivity contribution in [1.82, 2.24) is 0 Å². The summed E-state index contributed by atoms with van der Waals surface area (Å²) in [7, 11) is -4.64. The number of rotatable bonds is 8. The SMILES string of the molecule is CCCCCCCCCc1cccc[c]1[Na].O=P(O)(O)O. The third-order valence-corrected chi connectivity index (χ3v) is 4.29. The molecular formula is C15H26NaO4P. The van der Waals surface area contributed by atoms with Gasteiger partial charge in [0.15, 0.2) is 0 Å². The quantitative estimate of drug-likeness (QED) is 0.390. The minimum absolute atomic E-state index is 1.20. The molecule has 0 heterocycles. The van der Waals surface area contributed by atoms with Gasteiger partial charge < -0.3 is 14.7 Å². The molecule has 0 atom stereocenters. The van der Waals surface area contributed by atoms with Crippen LogP contribution in [0.4, 0.5) is 0 Å². The van der Waals surface area contributed by atoms with Crippen LogP contribution in [0.5, 0.6) is 0 Å². The Labute approximate surface area is 145 Å². The van der Waals surface area contributed by atoms with Crippen molar-refractivity contribution in [2.75, 3.05) is 0 Å². The molecule has 3 N–H and O–H groups in total. The van der Waals surface area contributed by atoms with Crippen LogP contribution in [-0.4, -0.2) is 42.6 Å². The number of hydrogen-bond acceptors (Lipinski definition) is 1. The van der Waals surface area contributed by atoms with E-state index in [1.807, 2.05) is 0 Å². The predicted molar refractivity (Wildman–Crippen MR) is 87.8 cm³/mol. The second-order valence-corrected chi connectivity index (χ2v) is 7.41. The van der Waals surface area contributed by atoms with Crippen LogP contribution in [0.3, 0.4) is 0 Å². The molecule has 4 nitrogen and oxygen atoms in total. The van der Waals surface area contributed by atoms with E-state index < -0.39 is 7.82 Å². The molecule has 116 valence electrons. The zero-order chi connectivity index (χ0) is 16.1. The Balaban J connectivity index is 0.000000690. The van der Waals surface area contributed by atoms with Gasteiger partial charge in [-0.3, -0.25) is 0 Å². The molecule has 1 aromatic rings. The fourth-order valence-electron chi connectivity index (χ4n) is 2.16. The van der Waals surface area contributed by atoms with Crippen LogP contribution >= 0.6 is 7.82 Å². The molecule has 0 saturated heterocycles. The average Bonchev–Trinajstić information content (AvgIpc) is 2.38. The molecule has 0 spiro atoms. The second-order valence-electron chi connectivity index (χ2n) is 5.31. The van der Waals surface area contributed by atoms with Crippen LogP contribution in [0, 0.1) is 0 Å². The largest absolute Gasteiger partial charge is 0.466 e. The molecule has 0 unspecified atom stereocenters. The van der Waals surface area contributed by atoms with Crippen molar-refractivity contribution < 1.29 is 19.2 Å². The van der Waals surface area contributed by atoms with E-state index in [0.717, 1.165) is 0 Å². The van der Waals surface area contributed by atoms with Crippen molar-refractivity contribution >= 4 is 38.6 Å². The van der Waals surface area contributed by atoms with Gasteiger partial charge in [-0.2, -0.15) is 0 Å². The van der Waals surface area contributed by atoms with Gasteiger partial charge in [-0.05, 0) is 0 Å². The number of unbranched alkanes of at least 4 members (excludes halogenated alkanes) is 6. The van der Waals surface area contributed by atoms with Crippen LogP contribution in [0.25, 0.3) is 0 Å². The zero-order valence-electron chi connectivity index (χ0n) is 13.2. The molecule has 1 rings (SSSR count). The third-order valence-electron chi connectivity index (χ3n) is 3.31. The van der Waals surface area contributed by atoms with Crippen LogP contribution < -0.4 is 2.81 Å². The van der Waals surface area contributed by atoms with Crippen molar-refractivity contribution in [3.63, 3.8) is 0 Å². The number of phosphoric acid groups is 1. The topological polar surface area (TPSA) is 77.8 Å². The van der Waals surface area contributed by atoms with Gasteiger partial charge in [-0.25, -0.2) is 4.57 Å². The molecule has 0 aliphatic carbocycles. The molecule has 0 fully saturated rings. The molecule has 6 heteroatoms. The minimum Gasteiger partial charge on any atom is -0.303 e. The first-order valence-corrected chi connectivity index (χ1v) is 10.2. The Morgan fingerprint density at radius 3 is 1.95 bits per heavy atom. The van der Waals surface area contributed by atoms with Crippen LogP contribution in [0.2, 0.25) is 0 Å². The number of hydrogen-bond donors (Lipinski definition) is 3. The van der Waals surface area contributed by atoms with E-state index in [9.17, 15) is 0 Å². The summed E-state index contributed by atoms with van der Waals surface area (Å²) in [6.07, 6.45) is 11.2. The first-order chi connectivity index (χ1) is 9.84. The average molecular weight is 324 g/mol. The smallest absolute Gasteiger partial charge is 0.303 e. The zero-order valence-corrected chi connectivity index (χ0v) is 16.1. The van der Waals surface area contributed by atoms with Crippen molar-refractivity contribution in [2.24, 2.45) is 0 Å². The first-order valence-electron chi connectivity index (χ1n) is 7.67. The Bertz CT molecular complexity index is 412. The fourth-order valence-corrected chi connectivity index (χ4v) is 2.77. The van der Waals surface area contributed by atoms with Gasteiger partial charge in [0.2, 0.25) is 0 Å². The van der Waals surface area contributed by atoms with E-state index in [0.29, 0.717) is 0 Å². The molecule has 21 heavy (non-hydrogen) atoms. The van der Waals surface area contributed by atoms with Crippen molar-refractivity contribution in [3.05, 3.63) is 29.8 Å². The molecular weight excluding hydrogens is 298 g/mol. The summed E-state index contributed by atoms with van der Waals surface area (Å²) in [5.41, 5.74) is 1.60. The molecule has 0 aliphatic heterocycles. The Hall–Kier alpha value is 0.330. The maximum atomic E-state index is 8.88. The van der Waals surface area contributed by atoms with E-state index >= 15 is 0 Å². The monoisotopic (exact) mass is 324 g/mol. The maximum absolute atomic E-state index is 8.88. The summed E-state index contributed by atoms with van der Waals surface area (Å²) >= 11 is 1.20. The first kappa shape index (κ1) is 21.3. The maximum Gasteiger partial charge on any atom is 0.466 e. The minimum atomic E-state index is -4.64. The third kappa shape index (κ3) is 16.5. The molecule has 0 amide bonds. The van der Waals surface area contributed by atoms with Gasteiger partial charge in [-0.15, -0.1) is 0 Å². The predicted octanol–water partition coefficient (Wildman–Crippen LogP) is 2.84. The summed E-state index contributed by atoms with van der Waals surface area (Å²) in [6, 6.07) is 8.93. The molecule has 0 saturated carbocycles. The van der Waals surface area contributed by atoms with E-state index in [1.165, 1.54) is 79.3 Å². The summed E-state index contributed by atoms with van der Waals surface area (Å²) in [5.74, 6) is 0. The van der Waals surface area contributed by atoms with Crippen LogP contribution in [0.1, 0.15) is 57.4 Å². The fraction of sp³-hybridized carbons (Fsp3) is 0.600. The normalized spacial score (nSPS) is 11.0. The standard InChI is InChI=1S/C15H23.Na.H3O4P/c1-2-3-4-5-6-7-9-12-15-13-10-8-11-14-15;;1-5(2,3)4/h8,10-11,13H,2-7,9,12H2,1H3;;(H3,1,2,3,4). The van der Waals surface area contributed by atoms with Gasteiger partial charge in [0.05, 0.1) is 0 Å².